The molecular weight excluding hydrogens is 397 g/mol. The largest absolute Gasteiger partial charge is 0.469 e. The van der Waals surface area contributed by atoms with Gasteiger partial charge < -0.3 is 17.1 Å². The summed E-state index contributed by atoms with van der Waals surface area (Å²) >= 11 is 0. The second-order valence-electron chi connectivity index (χ2n) is 10.0. The summed E-state index contributed by atoms with van der Waals surface area (Å²) in [6.45, 7) is 27.2. The third-order valence-electron chi connectivity index (χ3n) is 2.83. The van der Waals surface area contributed by atoms with E-state index in [0.717, 1.165) is 0 Å². The first-order valence-corrected chi connectivity index (χ1v) is 21.4. The Labute approximate surface area is 165 Å². The van der Waals surface area contributed by atoms with Gasteiger partial charge in [0, 0.05) is 11.6 Å². The second-order valence-corrected chi connectivity index (χ2v) is 26.9. The zero-order valence-electron chi connectivity index (χ0n) is 18.7. The molecule has 0 aromatic carbocycles. The number of hydrogen-bond donors (Lipinski definition) is 0. The van der Waals surface area contributed by atoms with Gasteiger partial charge in [-0.15, -0.1) is 0 Å². The zero-order valence-corrected chi connectivity index (χ0v) is 22.7. The molecule has 5 nitrogen and oxygen atoms in total. The van der Waals surface area contributed by atoms with E-state index >= 15 is 0 Å². The number of rotatable bonds is 11. The molecule has 0 saturated heterocycles. The highest BCUT2D eigenvalue weighted by atomic mass is 28.5. The Morgan fingerprint density at radius 2 is 1.19 bits per heavy atom. The predicted molar refractivity (Wildman–Crippen MR) is 119 cm³/mol. The fourth-order valence-electron chi connectivity index (χ4n) is 2.41. The van der Waals surface area contributed by atoms with Crippen LogP contribution in [0.25, 0.3) is 0 Å². The van der Waals surface area contributed by atoms with Crippen molar-refractivity contribution in [1.29, 1.82) is 0 Å². The molecule has 1 unspecified atom stereocenters. The molecule has 26 heavy (non-hydrogen) atoms. The lowest BCUT2D eigenvalue weighted by atomic mass is 10.2. The maximum Gasteiger partial charge on any atom is 0.469 e. The van der Waals surface area contributed by atoms with Crippen LogP contribution in [0, 0.1) is 5.92 Å². The summed E-state index contributed by atoms with van der Waals surface area (Å²) in [6, 6.07) is 0.662. The molecule has 0 spiro atoms. The van der Waals surface area contributed by atoms with Crippen molar-refractivity contribution in [2.45, 2.75) is 78.8 Å². The molecule has 0 aliphatic carbocycles. The van der Waals surface area contributed by atoms with Crippen molar-refractivity contribution >= 4 is 39.7 Å². The average Bonchev–Trinajstić information content (AvgIpc) is 2.27. The van der Waals surface area contributed by atoms with Gasteiger partial charge in [-0.2, -0.15) is 0 Å². The van der Waals surface area contributed by atoms with Gasteiger partial charge in [0.05, 0.1) is 6.61 Å². The van der Waals surface area contributed by atoms with E-state index in [4.69, 9.17) is 17.1 Å². The Bertz CT molecular complexity index is 448. The predicted octanol–water partition coefficient (Wildman–Crippen LogP) is 5.24. The molecule has 0 heterocycles. The summed E-state index contributed by atoms with van der Waals surface area (Å²) in [4.78, 5) is 11.7. The van der Waals surface area contributed by atoms with Crippen LogP contribution in [0.2, 0.25) is 65.0 Å². The van der Waals surface area contributed by atoms with E-state index in [9.17, 15) is 4.79 Å². The van der Waals surface area contributed by atoms with E-state index in [1.54, 1.807) is 6.92 Å². The Balaban J connectivity index is 5.55. The van der Waals surface area contributed by atoms with Gasteiger partial charge in [-0.25, -0.2) is 4.79 Å². The van der Waals surface area contributed by atoms with Gasteiger partial charge in [0.15, 0.2) is 25.0 Å². The molecular formula is C17H40O5Si4. The van der Waals surface area contributed by atoms with E-state index in [1.165, 1.54) is 0 Å². The normalized spacial score (nSPS) is 14.9. The van der Waals surface area contributed by atoms with Crippen LogP contribution >= 0.6 is 0 Å². The van der Waals surface area contributed by atoms with Crippen LogP contribution in [-0.2, 0) is 21.9 Å². The highest BCUT2D eigenvalue weighted by Gasteiger charge is 2.50. The minimum Gasteiger partial charge on any atom is -0.462 e. The summed E-state index contributed by atoms with van der Waals surface area (Å²) in [7, 11) is -8.55. The SMILES string of the molecule is C=C(C)C(=O)OCC(C)C[Si](O[Si](C)(C)C)(O[Si](C)(C)C)O[Si](C)(C)C. The fourth-order valence-corrected chi connectivity index (χ4v) is 17.2. The maximum atomic E-state index is 11.7. The molecule has 0 aromatic heterocycles. The standard InChI is InChI=1S/C17H40O5Si4/c1-15(2)17(18)19-13-16(3)14-26(20-23(4,5)6,21-24(7,8)9)22-25(10,11)12/h16H,1,13-14H2,2-12H3. The lowest BCUT2D eigenvalue weighted by Gasteiger charge is -2.43. The van der Waals surface area contributed by atoms with Crippen LogP contribution in [0.4, 0.5) is 0 Å². The first-order chi connectivity index (χ1) is 11.3. The van der Waals surface area contributed by atoms with E-state index in [1.807, 2.05) is 0 Å². The summed E-state index contributed by atoms with van der Waals surface area (Å²) < 4.78 is 25.3. The Hall–Kier alpha value is -0.0425. The van der Waals surface area contributed by atoms with Gasteiger partial charge in [0.1, 0.15) is 0 Å². The van der Waals surface area contributed by atoms with Crippen molar-refractivity contribution in [1.82, 2.24) is 0 Å². The second kappa shape index (κ2) is 9.44. The first-order valence-electron chi connectivity index (χ1n) is 9.27. The Morgan fingerprint density at radius 3 is 1.46 bits per heavy atom. The van der Waals surface area contributed by atoms with Crippen molar-refractivity contribution in [2.24, 2.45) is 5.92 Å². The first kappa shape index (κ1) is 26.0. The molecule has 0 rings (SSSR count). The van der Waals surface area contributed by atoms with E-state index < -0.39 is 33.8 Å². The number of carbonyl (C=O) groups is 1. The maximum absolute atomic E-state index is 11.7. The molecule has 0 aromatic rings. The van der Waals surface area contributed by atoms with Crippen LogP contribution in [0.3, 0.4) is 0 Å². The Kier molecular flexibility index (Phi) is 9.42. The van der Waals surface area contributed by atoms with Gasteiger partial charge in [-0.1, -0.05) is 13.5 Å². The van der Waals surface area contributed by atoms with Crippen molar-refractivity contribution < 1.29 is 21.9 Å². The summed E-state index contributed by atoms with van der Waals surface area (Å²) in [6.07, 6.45) is 0. The van der Waals surface area contributed by atoms with Crippen LogP contribution in [0.15, 0.2) is 12.2 Å². The average molecular weight is 437 g/mol. The van der Waals surface area contributed by atoms with Crippen LogP contribution in [-0.4, -0.2) is 46.3 Å². The van der Waals surface area contributed by atoms with Gasteiger partial charge in [0.25, 0.3) is 0 Å². The van der Waals surface area contributed by atoms with E-state index in [2.05, 4.69) is 72.4 Å². The molecule has 154 valence electrons. The molecule has 0 N–H and O–H groups in total. The number of ether oxygens (including phenoxy) is 1. The minimum atomic E-state index is -2.89. The minimum absolute atomic E-state index is 0.0917. The third kappa shape index (κ3) is 12.4. The van der Waals surface area contributed by atoms with Crippen molar-refractivity contribution in [3.8, 4) is 0 Å². The number of carbonyl (C=O) groups excluding carboxylic acids is 1. The van der Waals surface area contributed by atoms with Crippen LogP contribution in [0.1, 0.15) is 13.8 Å². The number of esters is 1. The summed E-state index contributed by atoms with van der Waals surface area (Å²) in [5.74, 6) is -0.263. The van der Waals surface area contributed by atoms with Gasteiger partial charge in [0.2, 0.25) is 0 Å². The third-order valence-corrected chi connectivity index (χ3v) is 15.1. The molecule has 0 aliphatic rings. The summed E-state index contributed by atoms with van der Waals surface area (Å²) in [5, 5.41) is 0. The van der Waals surface area contributed by atoms with Crippen LogP contribution in [0.5, 0.6) is 0 Å². The van der Waals surface area contributed by atoms with Gasteiger partial charge >= 0.3 is 14.8 Å². The lowest BCUT2D eigenvalue weighted by Crippen LogP contribution is -2.61. The van der Waals surface area contributed by atoms with Gasteiger partial charge in [-0.05, 0) is 71.8 Å². The van der Waals surface area contributed by atoms with Gasteiger partial charge in [-0.3, -0.25) is 0 Å². The monoisotopic (exact) mass is 436 g/mol. The summed E-state index contributed by atoms with van der Waals surface area (Å²) in [5.41, 5.74) is 0.413. The molecule has 1 atom stereocenters. The lowest BCUT2D eigenvalue weighted by molar-refractivity contribution is -0.140. The van der Waals surface area contributed by atoms with Crippen molar-refractivity contribution in [2.75, 3.05) is 6.61 Å². The van der Waals surface area contributed by atoms with Crippen LogP contribution < -0.4 is 0 Å². The Morgan fingerprint density at radius 1 is 0.846 bits per heavy atom. The number of hydrogen-bond acceptors (Lipinski definition) is 5. The molecule has 0 bridgehead atoms. The van der Waals surface area contributed by atoms with E-state index in [-0.39, 0.29) is 11.9 Å². The topological polar surface area (TPSA) is 54.0 Å². The molecule has 0 saturated carbocycles. The molecule has 0 amide bonds. The van der Waals surface area contributed by atoms with Crippen molar-refractivity contribution in [3.63, 3.8) is 0 Å². The smallest absolute Gasteiger partial charge is 0.462 e. The zero-order chi connectivity index (χ0) is 21.0. The fraction of sp³-hybridized carbons (Fsp3) is 0.824. The molecule has 0 radical (unpaired) electrons. The molecule has 9 heteroatoms. The molecule has 0 fully saturated rings. The quantitative estimate of drug-likeness (QED) is 0.252. The van der Waals surface area contributed by atoms with Crippen molar-refractivity contribution in [3.05, 3.63) is 12.2 Å². The molecule has 0 aliphatic heterocycles. The van der Waals surface area contributed by atoms with E-state index in [0.29, 0.717) is 18.2 Å². The highest BCUT2D eigenvalue weighted by molar-refractivity contribution is 6.90. The highest BCUT2D eigenvalue weighted by Crippen LogP contribution is 2.31.